The van der Waals surface area contributed by atoms with Crippen LogP contribution in [0, 0.1) is 0 Å². The number of aryl methyl sites for hydroxylation is 1. The lowest BCUT2D eigenvalue weighted by Crippen LogP contribution is -2.44. The van der Waals surface area contributed by atoms with Crippen LogP contribution in [0.25, 0.3) is 0 Å². The third-order valence-corrected chi connectivity index (χ3v) is 5.27. The van der Waals surface area contributed by atoms with Gasteiger partial charge >= 0.3 is 6.03 Å². The molecule has 6 heteroatoms. The number of nitrogens with one attached hydrogen (secondary N) is 2. The van der Waals surface area contributed by atoms with Gasteiger partial charge in [0.05, 0.1) is 0 Å². The quantitative estimate of drug-likeness (QED) is 0.669. The van der Waals surface area contributed by atoms with E-state index >= 15 is 0 Å². The predicted octanol–water partition coefficient (Wildman–Crippen LogP) is 3.83. The first-order valence-electron chi connectivity index (χ1n) is 10.1. The summed E-state index contributed by atoms with van der Waals surface area (Å²) in [5.41, 5.74) is 1.38. The maximum atomic E-state index is 13.3. The van der Waals surface area contributed by atoms with Crippen molar-refractivity contribution in [3.05, 3.63) is 65.7 Å². The molecule has 2 aromatic carbocycles. The number of nitrogens with zero attached hydrogens (tertiary/aromatic N) is 1. The highest BCUT2D eigenvalue weighted by molar-refractivity contribution is 6.10. The Morgan fingerprint density at radius 2 is 1.83 bits per heavy atom. The van der Waals surface area contributed by atoms with Gasteiger partial charge in [0.15, 0.2) is 0 Å². The van der Waals surface area contributed by atoms with Crippen molar-refractivity contribution in [1.29, 1.82) is 0 Å². The fourth-order valence-electron chi connectivity index (χ4n) is 3.66. The molecule has 1 heterocycles. The van der Waals surface area contributed by atoms with Crippen LogP contribution in [-0.2, 0) is 21.5 Å². The van der Waals surface area contributed by atoms with Gasteiger partial charge in [0.2, 0.25) is 5.91 Å². The monoisotopic (exact) mass is 393 g/mol. The van der Waals surface area contributed by atoms with Crippen LogP contribution >= 0.6 is 0 Å². The normalized spacial score (nSPS) is 18.6. The second-order valence-electron chi connectivity index (χ2n) is 7.30. The highest BCUT2D eigenvalue weighted by Crippen LogP contribution is 2.34. The Morgan fingerprint density at radius 3 is 2.52 bits per heavy atom. The van der Waals surface area contributed by atoms with Gasteiger partial charge in [-0.1, -0.05) is 69.2 Å². The Kier molecular flexibility index (Phi) is 6.32. The molecule has 0 radical (unpaired) electrons. The number of anilines is 1. The van der Waals surface area contributed by atoms with Gasteiger partial charge in [0, 0.05) is 5.69 Å². The maximum absolute atomic E-state index is 13.3. The molecule has 0 spiro atoms. The number of urea groups is 1. The highest BCUT2D eigenvalue weighted by atomic mass is 16.2. The zero-order valence-corrected chi connectivity index (χ0v) is 16.9. The average Bonchev–Trinajstić information content (AvgIpc) is 2.98. The van der Waals surface area contributed by atoms with E-state index in [1.165, 1.54) is 0 Å². The molecule has 0 saturated carbocycles. The summed E-state index contributed by atoms with van der Waals surface area (Å²) >= 11 is 0. The van der Waals surface area contributed by atoms with Crippen molar-refractivity contribution in [2.45, 2.75) is 45.1 Å². The lowest BCUT2D eigenvalue weighted by Gasteiger charge is -2.27. The standard InChI is InChI=1S/C23H27N3O3/c1-3-5-14-23(18-11-7-6-8-12-18)21(28)26(22(29)25-23)16-20(27)24-19-13-9-10-17(4-2)15-19/h6-13,15H,3-5,14,16H2,1-2H3,(H,24,27)(H,25,29). The van der Waals surface area contributed by atoms with Gasteiger partial charge in [-0.05, 0) is 36.1 Å². The van der Waals surface area contributed by atoms with Gasteiger partial charge < -0.3 is 10.6 Å². The number of unbranched alkanes of at least 4 members (excludes halogenated alkanes) is 1. The molecular formula is C23H27N3O3. The van der Waals surface area contributed by atoms with E-state index in [4.69, 9.17) is 0 Å². The van der Waals surface area contributed by atoms with E-state index in [1.54, 1.807) is 6.07 Å². The molecule has 1 saturated heterocycles. The third-order valence-electron chi connectivity index (χ3n) is 5.27. The number of carbonyl (C=O) groups is 3. The summed E-state index contributed by atoms with van der Waals surface area (Å²) < 4.78 is 0. The molecule has 152 valence electrons. The number of carbonyl (C=O) groups excluding carboxylic acids is 3. The summed E-state index contributed by atoms with van der Waals surface area (Å²) in [5.74, 6) is -0.777. The van der Waals surface area contributed by atoms with Crippen molar-refractivity contribution >= 4 is 23.5 Å². The van der Waals surface area contributed by atoms with Crippen LogP contribution in [0.2, 0.25) is 0 Å². The number of rotatable bonds is 8. The summed E-state index contributed by atoms with van der Waals surface area (Å²) in [4.78, 5) is 39.5. The molecule has 0 bridgehead atoms. The van der Waals surface area contributed by atoms with Gasteiger partial charge in [-0.3, -0.25) is 14.5 Å². The number of hydrogen-bond donors (Lipinski definition) is 2. The minimum atomic E-state index is -1.11. The molecule has 1 unspecified atom stereocenters. The Hall–Kier alpha value is -3.15. The van der Waals surface area contributed by atoms with Crippen molar-refractivity contribution in [2.24, 2.45) is 0 Å². The lowest BCUT2D eigenvalue weighted by atomic mass is 9.85. The minimum absolute atomic E-state index is 0.318. The van der Waals surface area contributed by atoms with Crippen LogP contribution < -0.4 is 10.6 Å². The second kappa shape index (κ2) is 8.90. The van der Waals surface area contributed by atoms with Crippen LogP contribution in [0.1, 0.15) is 44.2 Å². The van der Waals surface area contributed by atoms with Crippen LogP contribution in [0.15, 0.2) is 54.6 Å². The Morgan fingerprint density at radius 1 is 1.07 bits per heavy atom. The third kappa shape index (κ3) is 4.31. The van der Waals surface area contributed by atoms with Gasteiger partial charge in [0.1, 0.15) is 12.1 Å². The fourth-order valence-corrected chi connectivity index (χ4v) is 3.66. The first-order valence-corrected chi connectivity index (χ1v) is 10.1. The Labute approximate surface area is 171 Å². The Balaban J connectivity index is 1.78. The maximum Gasteiger partial charge on any atom is 0.325 e. The molecule has 6 nitrogen and oxygen atoms in total. The molecule has 3 rings (SSSR count). The minimum Gasteiger partial charge on any atom is -0.325 e. The molecule has 2 aromatic rings. The number of imide groups is 1. The molecule has 1 atom stereocenters. The Bertz CT molecular complexity index is 897. The number of amides is 4. The van der Waals surface area contributed by atoms with Crippen LogP contribution in [0.5, 0.6) is 0 Å². The van der Waals surface area contributed by atoms with Crippen molar-refractivity contribution in [3.63, 3.8) is 0 Å². The lowest BCUT2D eigenvalue weighted by molar-refractivity contribution is -0.134. The summed E-state index contributed by atoms with van der Waals surface area (Å²) in [5, 5.41) is 5.65. The summed E-state index contributed by atoms with van der Waals surface area (Å²) in [6.07, 6.45) is 3.03. The molecule has 0 aromatic heterocycles. The number of benzene rings is 2. The first kappa shape index (κ1) is 20.6. The fraction of sp³-hybridized carbons (Fsp3) is 0.348. The van der Waals surface area contributed by atoms with Crippen LogP contribution in [0.4, 0.5) is 10.5 Å². The van der Waals surface area contributed by atoms with E-state index in [9.17, 15) is 14.4 Å². The van der Waals surface area contributed by atoms with Crippen molar-refractivity contribution < 1.29 is 14.4 Å². The predicted molar refractivity (Wildman–Crippen MR) is 112 cm³/mol. The van der Waals surface area contributed by atoms with E-state index in [2.05, 4.69) is 10.6 Å². The van der Waals surface area contributed by atoms with Crippen molar-refractivity contribution in [2.75, 3.05) is 11.9 Å². The van der Waals surface area contributed by atoms with Gasteiger partial charge in [0.25, 0.3) is 5.91 Å². The van der Waals surface area contributed by atoms with E-state index in [0.717, 1.165) is 35.3 Å². The molecule has 2 N–H and O–H groups in total. The van der Waals surface area contributed by atoms with E-state index in [1.807, 2.05) is 62.4 Å². The molecule has 1 aliphatic rings. The largest absolute Gasteiger partial charge is 0.325 e. The molecular weight excluding hydrogens is 366 g/mol. The summed E-state index contributed by atoms with van der Waals surface area (Å²) in [6.45, 7) is 3.75. The molecule has 1 fully saturated rings. The van der Waals surface area contributed by atoms with Gasteiger partial charge in [-0.2, -0.15) is 0 Å². The smallest absolute Gasteiger partial charge is 0.325 e. The van der Waals surface area contributed by atoms with Crippen LogP contribution in [0.3, 0.4) is 0 Å². The summed E-state index contributed by atoms with van der Waals surface area (Å²) in [6, 6.07) is 16.2. The van der Waals surface area contributed by atoms with Crippen molar-refractivity contribution in [3.8, 4) is 0 Å². The molecule has 29 heavy (non-hydrogen) atoms. The first-order chi connectivity index (χ1) is 14.0. The van der Waals surface area contributed by atoms with Crippen molar-refractivity contribution in [1.82, 2.24) is 10.2 Å². The van der Waals surface area contributed by atoms with E-state index < -0.39 is 17.5 Å². The number of hydrogen-bond acceptors (Lipinski definition) is 3. The average molecular weight is 393 g/mol. The second-order valence-corrected chi connectivity index (χ2v) is 7.30. The van der Waals surface area contributed by atoms with E-state index in [-0.39, 0.29) is 12.5 Å². The molecule has 0 aliphatic carbocycles. The van der Waals surface area contributed by atoms with E-state index in [0.29, 0.717) is 12.1 Å². The highest BCUT2D eigenvalue weighted by Gasteiger charge is 2.52. The molecule has 1 aliphatic heterocycles. The summed E-state index contributed by atoms with van der Waals surface area (Å²) in [7, 11) is 0. The zero-order valence-electron chi connectivity index (χ0n) is 16.9. The molecule has 4 amide bonds. The zero-order chi connectivity index (χ0) is 20.9. The van der Waals surface area contributed by atoms with Crippen LogP contribution in [-0.4, -0.2) is 29.3 Å². The van der Waals surface area contributed by atoms with Gasteiger partial charge in [-0.25, -0.2) is 4.79 Å². The topological polar surface area (TPSA) is 78.5 Å². The van der Waals surface area contributed by atoms with Gasteiger partial charge in [-0.15, -0.1) is 0 Å². The SMILES string of the molecule is CCCCC1(c2ccccc2)NC(=O)N(CC(=O)Nc2cccc(CC)c2)C1=O.